The van der Waals surface area contributed by atoms with E-state index in [1.165, 1.54) is 30.1 Å². The molecular weight excluding hydrogens is 237 g/mol. The summed E-state index contributed by atoms with van der Waals surface area (Å²) in [6, 6.07) is 3.38. The van der Waals surface area contributed by atoms with Crippen LogP contribution in [0.3, 0.4) is 0 Å². The van der Waals surface area contributed by atoms with Gasteiger partial charge in [-0.25, -0.2) is 4.39 Å². The second-order valence-corrected chi connectivity index (χ2v) is 4.08. The minimum absolute atomic E-state index is 0.0642. The van der Waals surface area contributed by atoms with Gasteiger partial charge < -0.3 is 15.8 Å². The summed E-state index contributed by atoms with van der Waals surface area (Å²) in [5.41, 5.74) is 6.37. The second kappa shape index (κ2) is 5.48. The number of carbonyl (C=O) groups is 1. The quantitative estimate of drug-likeness (QED) is 0.369. The van der Waals surface area contributed by atoms with Gasteiger partial charge in [-0.1, -0.05) is 5.16 Å². The Bertz CT molecular complexity index is 488. The summed E-state index contributed by atoms with van der Waals surface area (Å²) in [6.45, 7) is 3.28. The Hall–Kier alpha value is -2.11. The molecule has 1 atom stereocenters. The molecule has 0 bridgehead atoms. The predicted molar refractivity (Wildman–Crippen MR) is 66.1 cm³/mol. The number of carbonyl (C=O) groups excluding carboxylic acids is 1. The molecule has 1 rings (SSSR count). The van der Waals surface area contributed by atoms with Crippen molar-refractivity contribution >= 4 is 11.7 Å². The van der Waals surface area contributed by atoms with Crippen LogP contribution in [0.2, 0.25) is 0 Å². The second-order valence-electron chi connectivity index (χ2n) is 4.08. The molecule has 0 aromatic heterocycles. The Balaban J connectivity index is 3.00. The third-order valence-electron chi connectivity index (χ3n) is 2.86. The van der Waals surface area contributed by atoms with Crippen LogP contribution in [0, 0.1) is 12.7 Å². The van der Waals surface area contributed by atoms with Crippen LogP contribution in [0.4, 0.5) is 4.39 Å². The molecule has 0 spiro atoms. The normalized spacial score (nSPS) is 13.2. The summed E-state index contributed by atoms with van der Waals surface area (Å²) in [5, 5.41) is 11.4. The van der Waals surface area contributed by atoms with E-state index in [0.717, 1.165) is 0 Å². The number of benzene rings is 1. The topological polar surface area (TPSA) is 78.9 Å². The monoisotopic (exact) mass is 253 g/mol. The lowest BCUT2D eigenvalue weighted by atomic mass is 10.1. The van der Waals surface area contributed by atoms with Crippen LogP contribution in [-0.2, 0) is 0 Å². The number of amides is 1. The lowest BCUT2D eigenvalue weighted by Gasteiger charge is -2.24. The fourth-order valence-electron chi connectivity index (χ4n) is 1.51. The third kappa shape index (κ3) is 2.77. The van der Waals surface area contributed by atoms with E-state index in [-0.39, 0.29) is 11.7 Å². The Morgan fingerprint density at radius 3 is 2.67 bits per heavy atom. The van der Waals surface area contributed by atoms with Gasteiger partial charge in [-0.3, -0.25) is 4.79 Å². The number of amidine groups is 1. The third-order valence-corrected chi connectivity index (χ3v) is 2.86. The Morgan fingerprint density at radius 2 is 2.17 bits per heavy atom. The minimum Gasteiger partial charge on any atom is -0.409 e. The van der Waals surface area contributed by atoms with E-state index in [0.29, 0.717) is 11.1 Å². The van der Waals surface area contributed by atoms with Gasteiger partial charge >= 0.3 is 0 Å². The van der Waals surface area contributed by atoms with Gasteiger partial charge in [0, 0.05) is 12.6 Å². The predicted octanol–water partition coefficient (Wildman–Crippen LogP) is 1.34. The zero-order valence-electron chi connectivity index (χ0n) is 10.5. The van der Waals surface area contributed by atoms with E-state index < -0.39 is 11.9 Å². The molecule has 0 aliphatic carbocycles. The van der Waals surface area contributed by atoms with Crippen molar-refractivity contribution in [2.75, 3.05) is 7.05 Å². The first-order chi connectivity index (χ1) is 8.38. The minimum atomic E-state index is -0.549. The van der Waals surface area contributed by atoms with Crippen molar-refractivity contribution in [1.29, 1.82) is 0 Å². The Labute approximate surface area is 105 Å². The van der Waals surface area contributed by atoms with Crippen molar-refractivity contribution in [2.45, 2.75) is 19.9 Å². The van der Waals surface area contributed by atoms with E-state index in [1.54, 1.807) is 13.8 Å². The van der Waals surface area contributed by atoms with Crippen LogP contribution in [0.1, 0.15) is 22.8 Å². The van der Waals surface area contributed by atoms with Crippen LogP contribution < -0.4 is 5.73 Å². The van der Waals surface area contributed by atoms with Crippen molar-refractivity contribution < 1.29 is 14.4 Å². The van der Waals surface area contributed by atoms with Crippen LogP contribution >= 0.6 is 0 Å². The number of hydrogen-bond acceptors (Lipinski definition) is 3. The van der Waals surface area contributed by atoms with Gasteiger partial charge in [-0.15, -0.1) is 0 Å². The van der Waals surface area contributed by atoms with Crippen LogP contribution in [0.5, 0.6) is 0 Å². The number of nitrogens with two attached hydrogens (primary N) is 1. The molecule has 1 aromatic rings. The number of likely N-dealkylation sites (N-methyl/N-ethyl adjacent to an activating group) is 1. The van der Waals surface area contributed by atoms with E-state index >= 15 is 0 Å². The molecule has 3 N–H and O–H groups in total. The molecule has 0 fully saturated rings. The van der Waals surface area contributed by atoms with Crippen molar-refractivity contribution in [1.82, 2.24) is 4.90 Å². The van der Waals surface area contributed by atoms with E-state index in [1.807, 2.05) is 0 Å². The number of rotatable bonds is 3. The average molecular weight is 253 g/mol. The molecule has 18 heavy (non-hydrogen) atoms. The first-order valence-electron chi connectivity index (χ1n) is 5.39. The van der Waals surface area contributed by atoms with Crippen molar-refractivity contribution in [2.24, 2.45) is 10.9 Å². The lowest BCUT2D eigenvalue weighted by Crippen LogP contribution is -2.44. The Kier molecular flexibility index (Phi) is 4.25. The highest BCUT2D eigenvalue weighted by Gasteiger charge is 2.21. The van der Waals surface area contributed by atoms with Gasteiger partial charge in [0.05, 0.1) is 6.04 Å². The summed E-state index contributed by atoms with van der Waals surface area (Å²) in [7, 11) is 1.54. The fourth-order valence-corrected chi connectivity index (χ4v) is 1.51. The highest BCUT2D eigenvalue weighted by atomic mass is 19.1. The molecule has 1 aromatic carbocycles. The number of halogens is 1. The molecule has 0 heterocycles. The maximum absolute atomic E-state index is 13.0. The van der Waals surface area contributed by atoms with Crippen LogP contribution in [0.25, 0.3) is 0 Å². The van der Waals surface area contributed by atoms with Gasteiger partial charge in [-0.2, -0.15) is 0 Å². The number of aryl methyl sites for hydroxylation is 1. The van der Waals surface area contributed by atoms with E-state index in [4.69, 9.17) is 10.9 Å². The molecule has 5 nitrogen and oxygen atoms in total. The molecule has 0 saturated carbocycles. The zero-order chi connectivity index (χ0) is 13.9. The molecule has 0 aliphatic heterocycles. The van der Waals surface area contributed by atoms with E-state index in [2.05, 4.69) is 5.16 Å². The maximum Gasteiger partial charge on any atom is 0.254 e. The highest BCUT2D eigenvalue weighted by Crippen LogP contribution is 2.13. The summed E-state index contributed by atoms with van der Waals surface area (Å²) in [6.07, 6.45) is 0. The smallest absolute Gasteiger partial charge is 0.254 e. The van der Waals surface area contributed by atoms with Gasteiger partial charge in [0.25, 0.3) is 5.91 Å². The summed E-state index contributed by atoms with van der Waals surface area (Å²) in [5.74, 6) is -0.770. The summed E-state index contributed by atoms with van der Waals surface area (Å²) < 4.78 is 13.0. The molecular formula is C12H16FN3O2. The molecule has 0 saturated heterocycles. The zero-order valence-corrected chi connectivity index (χ0v) is 10.5. The fraction of sp³-hybridized carbons (Fsp3) is 0.333. The first kappa shape index (κ1) is 14.0. The van der Waals surface area contributed by atoms with Crippen molar-refractivity contribution in [3.63, 3.8) is 0 Å². The number of hydrogen-bond donors (Lipinski definition) is 2. The lowest BCUT2D eigenvalue weighted by molar-refractivity contribution is 0.0775. The number of oxime groups is 1. The Morgan fingerprint density at radius 1 is 1.56 bits per heavy atom. The van der Waals surface area contributed by atoms with Gasteiger partial charge in [0.2, 0.25) is 0 Å². The van der Waals surface area contributed by atoms with Crippen LogP contribution in [-0.4, -0.2) is 34.9 Å². The molecule has 98 valence electrons. The molecule has 6 heteroatoms. The standard InChI is InChI=1S/C12H16FN3O2/c1-7-6-9(13)4-5-10(7)12(17)16(3)8(2)11(14)15-18/h4-6,8,18H,1-3H3,(H2,14,15). The molecule has 1 unspecified atom stereocenters. The summed E-state index contributed by atoms with van der Waals surface area (Å²) in [4.78, 5) is 13.5. The van der Waals surface area contributed by atoms with Crippen molar-refractivity contribution in [3.8, 4) is 0 Å². The first-order valence-corrected chi connectivity index (χ1v) is 5.39. The average Bonchev–Trinajstić information content (AvgIpc) is 2.35. The maximum atomic E-state index is 13.0. The van der Waals surface area contributed by atoms with Gasteiger partial charge in [0.15, 0.2) is 5.84 Å². The van der Waals surface area contributed by atoms with Crippen molar-refractivity contribution in [3.05, 3.63) is 35.1 Å². The SMILES string of the molecule is Cc1cc(F)ccc1C(=O)N(C)C(C)/C(N)=N/O. The molecule has 0 radical (unpaired) electrons. The summed E-state index contributed by atoms with van der Waals surface area (Å²) >= 11 is 0. The number of nitrogens with zero attached hydrogens (tertiary/aromatic N) is 2. The molecule has 1 amide bonds. The van der Waals surface area contributed by atoms with Gasteiger partial charge in [-0.05, 0) is 37.6 Å². The molecule has 0 aliphatic rings. The van der Waals surface area contributed by atoms with Crippen LogP contribution in [0.15, 0.2) is 23.4 Å². The van der Waals surface area contributed by atoms with Gasteiger partial charge in [0.1, 0.15) is 5.82 Å². The highest BCUT2D eigenvalue weighted by molar-refractivity contribution is 5.98. The van der Waals surface area contributed by atoms with E-state index in [9.17, 15) is 9.18 Å². The largest absolute Gasteiger partial charge is 0.409 e.